The number of fused-ring (bicyclic) bond motifs is 1. The van der Waals surface area contributed by atoms with Crippen LogP contribution in [0.5, 0.6) is 0 Å². The van der Waals surface area contributed by atoms with Crippen molar-refractivity contribution in [1.82, 2.24) is 14.3 Å². The fourth-order valence-electron chi connectivity index (χ4n) is 3.09. The van der Waals surface area contributed by atoms with Gasteiger partial charge in [-0.15, -0.1) is 0 Å². The first-order valence-electron chi connectivity index (χ1n) is 8.38. The molecule has 1 amide bonds. The maximum atomic E-state index is 12.8. The van der Waals surface area contributed by atoms with Crippen LogP contribution >= 0.6 is 0 Å². The number of morpholine rings is 1. The Kier molecular flexibility index (Phi) is 4.11. The summed E-state index contributed by atoms with van der Waals surface area (Å²) in [5.74, 6) is -0.00285. The number of rotatable bonds is 3. The lowest BCUT2D eigenvalue weighted by Gasteiger charge is -2.26. The number of anilines is 1. The number of pyridine rings is 1. The SMILES string of the molecule is CNc1cccc(-c2ccc3ncc(C(=O)N4CCOCC4)n3c2)c1. The molecule has 1 saturated heterocycles. The largest absolute Gasteiger partial charge is 0.388 e. The van der Waals surface area contributed by atoms with Crippen molar-refractivity contribution in [1.29, 1.82) is 0 Å². The molecular formula is C19H20N4O2. The summed E-state index contributed by atoms with van der Waals surface area (Å²) >= 11 is 0. The van der Waals surface area contributed by atoms with Crippen molar-refractivity contribution in [2.75, 3.05) is 38.7 Å². The summed E-state index contributed by atoms with van der Waals surface area (Å²) in [7, 11) is 1.90. The third kappa shape index (κ3) is 2.96. The van der Waals surface area contributed by atoms with Crippen LogP contribution in [0.3, 0.4) is 0 Å². The minimum absolute atomic E-state index is 0.00285. The minimum Gasteiger partial charge on any atom is -0.388 e. The second-order valence-corrected chi connectivity index (χ2v) is 6.02. The van der Waals surface area contributed by atoms with E-state index in [-0.39, 0.29) is 5.91 Å². The first kappa shape index (κ1) is 15.7. The van der Waals surface area contributed by atoms with Gasteiger partial charge in [0.15, 0.2) is 0 Å². The molecule has 1 fully saturated rings. The van der Waals surface area contributed by atoms with E-state index < -0.39 is 0 Å². The topological polar surface area (TPSA) is 58.9 Å². The van der Waals surface area contributed by atoms with Crippen LogP contribution in [-0.4, -0.2) is 53.5 Å². The second-order valence-electron chi connectivity index (χ2n) is 6.02. The van der Waals surface area contributed by atoms with Gasteiger partial charge in [0.2, 0.25) is 0 Å². The molecule has 4 rings (SSSR count). The average Bonchev–Trinajstić information content (AvgIpc) is 3.11. The molecule has 3 aromatic rings. The normalized spacial score (nSPS) is 14.7. The summed E-state index contributed by atoms with van der Waals surface area (Å²) in [6.07, 6.45) is 3.63. The molecule has 6 nitrogen and oxygen atoms in total. The van der Waals surface area contributed by atoms with Gasteiger partial charge in [-0.2, -0.15) is 0 Å². The highest BCUT2D eigenvalue weighted by Gasteiger charge is 2.21. The monoisotopic (exact) mass is 336 g/mol. The predicted molar refractivity (Wildman–Crippen MR) is 96.9 cm³/mol. The van der Waals surface area contributed by atoms with Crippen molar-refractivity contribution in [2.24, 2.45) is 0 Å². The van der Waals surface area contributed by atoms with Gasteiger partial charge < -0.3 is 15.0 Å². The van der Waals surface area contributed by atoms with E-state index in [0.29, 0.717) is 32.0 Å². The number of imidazole rings is 1. The molecule has 0 saturated carbocycles. The summed E-state index contributed by atoms with van der Waals surface area (Å²) in [5.41, 5.74) is 4.53. The van der Waals surface area contributed by atoms with Crippen molar-refractivity contribution in [3.63, 3.8) is 0 Å². The fraction of sp³-hybridized carbons (Fsp3) is 0.263. The highest BCUT2D eigenvalue weighted by molar-refractivity contribution is 5.93. The van der Waals surface area contributed by atoms with Gasteiger partial charge >= 0.3 is 0 Å². The van der Waals surface area contributed by atoms with E-state index in [1.165, 1.54) is 0 Å². The summed E-state index contributed by atoms with van der Waals surface area (Å²) in [6, 6.07) is 12.1. The van der Waals surface area contributed by atoms with Gasteiger partial charge in [0, 0.05) is 32.0 Å². The Balaban J connectivity index is 1.73. The number of aromatic nitrogens is 2. The van der Waals surface area contributed by atoms with Crippen LogP contribution in [0.4, 0.5) is 5.69 Å². The zero-order chi connectivity index (χ0) is 17.2. The van der Waals surface area contributed by atoms with Gasteiger partial charge in [-0.05, 0) is 35.4 Å². The van der Waals surface area contributed by atoms with Crippen molar-refractivity contribution in [3.05, 3.63) is 54.5 Å². The molecule has 0 radical (unpaired) electrons. The Morgan fingerprint density at radius 2 is 2.00 bits per heavy atom. The molecule has 1 aliphatic rings. The Labute approximate surface area is 146 Å². The van der Waals surface area contributed by atoms with E-state index in [9.17, 15) is 4.79 Å². The van der Waals surface area contributed by atoms with Crippen LogP contribution in [0, 0.1) is 0 Å². The maximum Gasteiger partial charge on any atom is 0.272 e. The van der Waals surface area contributed by atoms with Crippen LogP contribution in [-0.2, 0) is 4.74 Å². The first-order valence-corrected chi connectivity index (χ1v) is 8.38. The number of hydrogen-bond donors (Lipinski definition) is 1. The number of amides is 1. The minimum atomic E-state index is -0.00285. The molecule has 0 atom stereocenters. The molecule has 0 aliphatic carbocycles. The summed E-state index contributed by atoms with van der Waals surface area (Å²) in [6.45, 7) is 2.42. The van der Waals surface area contributed by atoms with E-state index in [2.05, 4.69) is 22.4 Å². The molecule has 25 heavy (non-hydrogen) atoms. The van der Waals surface area contributed by atoms with Crippen molar-refractivity contribution < 1.29 is 9.53 Å². The molecular weight excluding hydrogens is 316 g/mol. The van der Waals surface area contributed by atoms with Crippen LogP contribution in [0.25, 0.3) is 16.8 Å². The summed E-state index contributed by atoms with van der Waals surface area (Å²) in [4.78, 5) is 19.0. The molecule has 1 N–H and O–H groups in total. The Bertz CT molecular complexity index is 913. The third-order valence-electron chi connectivity index (χ3n) is 4.51. The second kappa shape index (κ2) is 6.57. The van der Waals surface area contributed by atoms with Crippen molar-refractivity contribution >= 4 is 17.2 Å². The number of ether oxygens (including phenoxy) is 1. The molecule has 0 spiro atoms. The van der Waals surface area contributed by atoms with Gasteiger partial charge in [-0.1, -0.05) is 12.1 Å². The lowest BCUT2D eigenvalue weighted by Crippen LogP contribution is -2.41. The van der Waals surface area contributed by atoms with Crippen molar-refractivity contribution in [2.45, 2.75) is 0 Å². The first-order chi connectivity index (χ1) is 12.3. The van der Waals surface area contributed by atoms with Crippen LogP contribution in [0.15, 0.2) is 48.8 Å². The van der Waals surface area contributed by atoms with E-state index >= 15 is 0 Å². The predicted octanol–water partition coefficient (Wildman–Crippen LogP) is 2.52. The van der Waals surface area contributed by atoms with E-state index in [1.54, 1.807) is 6.20 Å². The lowest BCUT2D eigenvalue weighted by molar-refractivity contribution is 0.0298. The Hall–Kier alpha value is -2.86. The Morgan fingerprint density at radius 1 is 1.16 bits per heavy atom. The molecule has 1 aromatic carbocycles. The molecule has 2 aromatic heterocycles. The van der Waals surface area contributed by atoms with E-state index in [1.807, 2.05) is 46.8 Å². The van der Waals surface area contributed by atoms with Crippen LogP contribution in [0.1, 0.15) is 10.5 Å². The van der Waals surface area contributed by atoms with E-state index in [4.69, 9.17) is 4.74 Å². The van der Waals surface area contributed by atoms with Gasteiger partial charge in [-0.25, -0.2) is 4.98 Å². The van der Waals surface area contributed by atoms with Gasteiger partial charge in [0.1, 0.15) is 11.3 Å². The molecule has 6 heteroatoms. The molecule has 128 valence electrons. The summed E-state index contributed by atoms with van der Waals surface area (Å²) < 4.78 is 7.21. The molecule has 0 unspecified atom stereocenters. The average molecular weight is 336 g/mol. The smallest absolute Gasteiger partial charge is 0.272 e. The number of nitrogens with one attached hydrogen (secondary N) is 1. The number of carbonyl (C=O) groups excluding carboxylic acids is 1. The van der Waals surface area contributed by atoms with Crippen LogP contribution < -0.4 is 5.32 Å². The lowest BCUT2D eigenvalue weighted by atomic mass is 10.1. The highest BCUT2D eigenvalue weighted by atomic mass is 16.5. The summed E-state index contributed by atoms with van der Waals surface area (Å²) in [5, 5.41) is 3.15. The van der Waals surface area contributed by atoms with Gasteiger partial charge in [-0.3, -0.25) is 9.20 Å². The Morgan fingerprint density at radius 3 is 2.80 bits per heavy atom. The highest BCUT2D eigenvalue weighted by Crippen LogP contribution is 2.24. The molecule has 3 heterocycles. The third-order valence-corrected chi connectivity index (χ3v) is 4.51. The maximum absolute atomic E-state index is 12.8. The number of benzene rings is 1. The van der Waals surface area contributed by atoms with Crippen molar-refractivity contribution in [3.8, 4) is 11.1 Å². The number of carbonyl (C=O) groups is 1. The zero-order valence-corrected chi connectivity index (χ0v) is 14.1. The van der Waals surface area contributed by atoms with Gasteiger partial charge in [0.05, 0.1) is 19.4 Å². The fourth-order valence-corrected chi connectivity index (χ4v) is 3.09. The quantitative estimate of drug-likeness (QED) is 0.798. The number of nitrogens with zero attached hydrogens (tertiary/aromatic N) is 3. The van der Waals surface area contributed by atoms with Crippen LogP contribution in [0.2, 0.25) is 0 Å². The van der Waals surface area contributed by atoms with E-state index in [0.717, 1.165) is 22.5 Å². The molecule has 0 bridgehead atoms. The standard InChI is InChI=1S/C19H20N4O2/c1-20-16-4-2-3-14(11-16)15-5-6-18-21-12-17(23(18)13-15)19(24)22-7-9-25-10-8-22/h2-6,11-13,20H,7-10H2,1H3. The molecule has 1 aliphatic heterocycles. The van der Waals surface area contributed by atoms with Gasteiger partial charge in [0.25, 0.3) is 5.91 Å². The number of hydrogen-bond acceptors (Lipinski definition) is 4. The zero-order valence-electron chi connectivity index (χ0n) is 14.1.